The first-order valence-electron chi connectivity index (χ1n) is 7.03. The molecule has 116 valence electrons. The van der Waals surface area contributed by atoms with Crippen LogP contribution in [0.25, 0.3) is 10.9 Å². The first kappa shape index (κ1) is 14.8. The van der Waals surface area contributed by atoms with Crippen molar-refractivity contribution in [3.05, 3.63) is 64.2 Å². The van der Waals surface area contributed by atoms with Crippen LogP contribution in [0.15, 0.2) is 42.7 Å². The molecule has 3 aromatic rings. The lowest BCUT2D eigenvalue weighted by Crippen LogP contribution is -1.99. The number of rotatable bonds is 4. The fraction of sp³-hybridized carbons (Fsp3) is 0.125. The summed E-state index contributed by atoms with van der Waals surface area (Å²) in [7, 11) is 0. The summed E-state index contributed by atoms with van der Waals surface area (Å²) in [5.41, 5.74) is 1.41. The van der Waals surface area contributed by atoms with E-state index >= 15 is 0 Å². The normalized spacial score (nSPS) is 10.7. The van der Waals surface area contributed by atoms with Gasteiger partial charge in [-0.15, -0.1) is 0 Å². The zero-order valence-electron chi connectivity index (χ0n) is 12.3. The highest BCUT2D eigenvalue weighted by atomic mass is 19.1. The summed E-state index contributed by atoms with van der Waals surface area (Å²) in [6, 6.07) is 9.46. The number of nitro groups is 1. The van der Waals surface area contributed by atoms with Gasteiger partial charge in [-0.05, 0) is 24.6 Å². The number of aryl methyl sites for hydroxylation is 1. The average Bonchev–Trinajstić information content (AvgIpc) is 2.56. The van der Waals surface area contributed by atoms with Gasteiger partial charge in [0, 0.05) is 22.7 Å². The highest BCUT2D eigenvalue weighted by Gasteiger charge is 2.14. The summed E-state index contributed by atoms with van der Waals surface area (Å²) in [6.45, 7) is 1.86. The molecule has 0 fully saturated rings. The minimum atomic E-state index is -0.444. The van der Waals surface area contributed by atoms with Crippen molar-refractivity contribution in [2.24, 2.45) is 0 Å². The minimum absolute atomic E-state index is 0.0436. The number of nitro benzene ring substituents is 1. The Hall–Kier alpha value is -3.09. The molecule has 0 aliphatic carbocycles. The van der Waals surface area contributed by atoms with Gasteiger partial charge < -0.3 is 5.32 Å². The second kappa shape index (κ2) is 5.96. The van der Waals surface area contributed by atoms with Crippen LogP contribution in [0.1, 0.15) is 12.5 Å². The highest BCUT2D eigenvalue weighted by molar-refractivity contribution is 5.90. The molecule has 0 aliphatic rings. The van der Waals surface area contributed by atoms with Gasteiger partial charge in [0.25, 0.3) is 5.69 Å². The number of fused-ring (bicyclic) bond motifs is 1. The van der Waals surface area contributed by atoms with Crippen molar-refractivity contribution >= 4 is 28.1 Å². The van der Waals surface area contributed by atoms with Crippen LogP contribution in [-0.2, 0) is 6.42 Å². The number of benzene rings is 2. The Balaban J connectivity index is 2.04. The molecule has 0 spiro atoms. The largest absolute Gasteiger partial charge is 0.339 e. The lowest BCUT2D eigenvalue weighted by Gasteiger charge is -2.09. The number of aromatic nitrogens is 2. The van der Waals surface area contributed by atoms with E-state index in [1.165, 1.54) is 18.5 Å². The monoisotopic (exact) mass is 312 g/mol. The summed E-state index contributed by atoms with van der Waals surface area (Å²) in [6.07, 6.45) is 1.82. The third-order valence-electron chi connectivity index (χ3n) is 3.54. The summed E-state index contributed by atoms with van der Waals surface area (Å²) in [5, 5.41) is 14.7. The molecule has 1 heterocycles. The van der Waals surface area contributed by atoms with E-state index < -0.39 is 10.7 Å². The Labute approximate surface area is 131 Å². The summed E-state index contributed by atoms with van der Waals surface area (Å²) >= 11 is 0. The second-order valence-corrected chi connectivity index (χ2v) is 4.94. The second-order valence-electron chi connectivity index (χ2n) is 4.94. The smallest absolute Gasteiger partial charge is 0.274 e. The summed E-state index contributed by atoms with van der Waals surface area (Å²) < 4.78 is 13.8. The molecule has 6 nitrogen and oxygen atoms in total. The van der Waals surface area contributed by atoms with Gasteiger partial charge in [0.1, 0.15) is 23.5 Å². The topological polar surface area (TPSA) is 81.0 Å². The lowest BCUT2D eigenvalue weighted by molar-refractivity contribution is -0.385. The van der Waals surface area contributed by atoms with Gasteiger partial charge in [-0.2, -0.15) is 0 Å². The number of hydrogen-bond donors (Lipinski definition) is 1. The number of nitrogens with zero attached hydrogens (tertiary/aromatic N) is 3. The Morgan fingerprint density at radius 2 is 2.09 bits per heavy atom. The van der Waals surface area contributed by atoms with Crippen LogP contribution >= 0.6 is 0 Å². The van der Waals surface area contributed by atoms with Crippen LogP contribution in [0.3, 0.4) is 0 Å². The number of para-hydroxylation sites is 1. The van der Waals surface area contributed by atoms with E-state index in [1.807, 2.05) is 6.92 Å². The van der Waals surface area contributed by atoms with Crippen molar-refractivity contribution in [1.82, 2.24) is 9.97 Å². The minimum Gasteiger partial charge on any atom is -0.339 e. The van der Waals surface area contributed by atoms with Crippen LogP contribution in [0.2, 0.25) is 0 Å². The zero-order valence-corrected chi connectivity index (χ0v) is 12.3. The molecule has 0 saturated carbocycles. The van der Waals surface area contributed by atoms with E-state index in [-0.39, 0.29) is 11.2 Å². The third-order valence-corrected chi connectivity index (χ3v) is 3.54. The van der Waals surface area contributed by atoms with Crippen LogP contribution in [0, 0.1) is 15.9 Å². The maximum atomic E-state index is 13.8. The molecule has 0 atom stereocenters. The van der Waals surface area contributed by atoms with Gasteiger partial charge in [-0.1, -0.05) is 19.1 Å². The number of halogens is 1. The summed E-state index contributed by atoms with van der Waals surface area (Å²) in [4.78, 5) is 18.8. The summed E-state index contributed by atoms with van der Waals surface area (Å²) in [5.74, 6) is -0.0479. The maximum Gasteiger partial charge on any atom is 0.274 e. The Morgan fingerprint density at radius 1 is 1.26 bits per heavy atom. The predicted molar refractivity (Wildman–Crippen MR) is 85.3 cm³/mol. The fourth-order valence-electron chi connectivity index (χ4n) is 2.40. The molecule has 1 aromatic heterocycles. The Morgan fingerprint density at radius 3 is 2.83 bits per heavy atom. The molecule has 23 heavy (non-hydrogen) atoms. The SMILES string of the molecule is CCc1ccc(Nc2ncnc3c(F)cccc23)cc1[N+](=O)[O-]. The number of anilines is 2. The van der Waals surface area contributed by atoms with Crippen molar-refractivity contribution in [2.45, 2.75) is 13.3 Å². The van der Waals surface area contributed by atoms with Crippen LogP contribution < -0.4 is 5.32 Å². The zero-order chi connectivity index (χ0) is 16.4. The first-order valence-corrected chi connectivity index (χ1v) is 7.03. The molecule has 0 bridgehead atoms. The van der Waals surface area contributed by atoms with Crippen LogP contribution in [-0.4, -0.2) is 14.9 Å². The molecule has 0 aliphatic heterocycles. The van der Waals surface area contributed by atoms with Gasteiger partial charge >= 0.3 is 0 Å². The molecule has 7 heteroatoms. The van der Waals surface area contributed by atoms with Crippen molar-refractivity contribution < 1.29 is 9.31 Å². The van der Waals surface area contributed by atoms with E-state index in [2.05, 4.69) is 15.3 Å². The molecule has 3 rings (SSSR count). The number of hydrogen-bond acceptors (Lipinski definition) is 5. The van der Waals surface area contributed by atoms with Crippen LogP contribution in [0.4, 0.5) is 21.6 Å². The van der Waals surface area contributed by atoms with Crippen molar-refractivity contribution in [2.75, 3.05) is 5.32 Å². The standard InChI is InChI=1S/C16H13FN4O2/c1-2-10-6-7-11(8-14(10)21(22)23)20-16-12-4-3-5-13(17)15(12)18-9-19-16/h3-9H,2H2,1H3,(H,18,19,20). The molecule has 0 amide bonds. The molecular formula is C16H13FN4O2. The lowest BCUT2D eigenvalue weighted by atomic mass is 10.1. The van der Waals surface area contributed by atoms with Gasteiger partial charge in [0.15, 0.2) is 0 Å². The first-order chi connectivity index (χ1) is 11.1. The van der Waals surface area contributed by atoms with E-state index in [0.717, 1.165) is 0 Å². The third kappa shape index (κ3) is 2.80. The molecule has 0 saturated heterocycles. The molecular weight excluding hydrogens is 299 g/mol. The molecule has 2 aromatic carbocycles. The quantitative estimate of drug-likeness (QED) is 0.582. The van der Waals surface area contributed by atoms with E-state index in [4.69, 9.17) is 0 Å². The Kier molecular flexibility index (Phi) is 3.84. The van der Waals surface area contributed by atoms with Crippen molar-refractivity contribution in [1.29, 1.82) is 0 Å². The Bertz CT molecular complexity index is 898. The fourth-order valence-corrected chi connectivity index (χ4v) is 2.40. The number of nitrogens with one attached hydrogen (secondary N) is 1. The van der Waals surface area contributed by atoms with Crippen molar-refractivity contribution in [3.8, 4) is 0 Å². The molecule has 0 radical (unpaired) electrons. The van der Waals surface area contributed by atoms with Gasteiger partial charge in [0.2, 0.25) is 0 Å². The van der Waals surface area contributed by atoms with E-state index in [1.54, 1.807) is 24.3 Å². The van der Waals surface area contributed by atoms with Gasteiger partial charge in [-0.25, -0.2) is 14.4 Å². The molecule has 0 unspecified atom stereocenters. The van der Waals surface area contributed by atoms with Gasteiger partial charge in [-0.3, -0.25) is 10.1 Å². The van der Waals surface area contributed by atoms with E-state index in [0.29, 0.717) is 28.9 Å². The van der Waals surface area contributed by atoms with E-state index in [9.17, 15) is 14.5 Å². The predicted octanol–water partition coefficient (Wildman–Crippen LogP) is 3.98. The molecule has 1 N–H and O–H groups in total. The van der Waals surface area contributed by atoms with Gasteiger partial charge in [0.05, 0.1) is 4.92 Å². The van der Waals surface area contributed by atoms with Crippen LogP contribution in [0.5, 0.6) is 0 Å². The average molecular weight is 312 g/mol. The maximum absolute atomic E-state index is 13.8. The highest BCUT2D eigenvalue weighted by Crippen LogP contribution is 2.28. The van der Waals surface area contributed by atoms with Crippen molar-refractivity contribution in [3.63, 3.8) is 0 Å².